The van der Waals surface area contributed by atoms with Gasteiger partial charge in [0, 0.05) is 60.1 Å². The van der Waals surface area contributed by atoms with Gasteiger partial charge in [0.25, 0.3) is 0 Å². The molecule has 1 aromatic heterocycles. The predicted molar refractivity (Wildman–Crippen MR) is 134 cm³/mol. The molecular weight excluding hydrogens is 418 g/mol. The summed E-state index contributed by atoms with van der Waals surface area (Å²) in [5.41, 5.74) is 7.10. The molecule has 4 aliphatic heterocycles. The van der Waals surface area contributed by atoms with E-state index in [1.165, 1.54) is 79.6 Å². The molecule has 0 radical (unpaired) electrons. The molecule has 0 amide bonds. The highest BCUT2D eigenvalue weighted by Crippen LogP contribution is 2.39. The second-order valence-electron chi connectivity index (χ2n) is 10.9. The zero-order valence-corrected chi connectivity index (χ0v) is 20.3. The molecule has 6 rings (SSSR count). The average molecular weight is 462 g/mol. The molecule has 1 aromatic rings. The minimum atomic E-state index is 0. The Morgan fingerprint density at radius 1 is 1.12 bits per heavy atom. The third-order valence-corrected chi connectivity index (χ3v) is 9.38. The zero-order valence-electron chi connectivity index (χ0n) is 19.4. The molecule has 4 fully saturated rings. The van der Waals surface area contributed by atoms with Crippen LogP contribution in [0.2, 0.25) is 0 Å². The fraction of sp³-hybridized carbons (Fsp3) is 0.760. The summed E-state index contributed by atoms with van der Waals surface area (Å²) in [6, 6.07) is 2.87. The molecule has 1 saturated carbocycles. The molecule has 1 aliphatic carbocycles. The summed E-state index contributed by atoms with van der Waals surface area (Å²) in [6.07, 6.45) is 7.76. The molecule has 0 bridgehead atoms. The fourth-order valence-corrected chi connectivity index (χ4v) is 7.76. The highest BCUT2D eigenvalue weighted by atomic mass is 32.1. The van der Waals surface area contributed by atoms with Crippen molar-refractivity contribution >= 4 is 23.0 Å². The lowest BCUT2D eigenvalue weighted by Crippen LogP contribution is -2.55. The summed E-state index contributed by atoms with van der Waals surface area (Å²) in [7, 11) is 0. The number of piperidine rings is 1. The number of likely N-dealkylation sites (tertiary alicyclic amines) is 2. The number of fused-ring (bicyclic) bond motifs is 2. The minimum absolute atomic E-state index is 0. The van der Waals surface area contributed by atoms with Crippen molar-refractivity contribution in [3.05, 3.63) is 21.2 Å². The van der Waals surface area contributed by atoms with Crippen LogP contribution < -0.4 is 25.9 Å². The Morgan fingerprint density at radius 2 is 1.94 bits per heavy atom. The van der Waals surface area contributed by atoms with Crippen LogP contribution in [-0.4, -0.2) is 61.8 Å². The Bertz CT molecular complexity index is 922. The lowest BCUT2D eigenvalue weighted by Gasteiger charge is -2.36. The van der Waals surface area contributed by atoms with E-state index in [2.05, 4.69) is 44.3 Å². The maximum absolute atomic E-state index is 5.55. The Labute approximate surface area is 199 Å². The Hall–Kier alpha value is -1.44. The third-order valence-electron chi connectivity index (χ3n) is 8.46. The summed E-state index contributed by atoms with van der Waals surface area (Å²) in [5, 5.41) is 7.49. The number of ether oxygens (including phenoxy) is 1. The van der Waals surface area contributed by atoms with Gasteiger partial charge in [-0.25, -0.2) is 0 Å². The van der Waals surface area contributed by atoms with Gasteiger partial charge in [0.2, 0.25) is 0 Å². The van der Waals surface area contributed by atoms with E-state index in [4.69, 9.17) is 4.74 Å². The zero-order chi connectivity index (χ0) is 21.5. The molecule has 5 aliphatic rings. The summed E-state index contributed by atoms with van der Waals surface area (Å²) in [6.45, 7) is 10.5. The van der Waals surface area contributed by atoms with Crippen molar-refractivity contribution in [2.75, 3.05) is 45.9 Å². The first kappa shape index (κ1) is 21.1. The van der Waals surface area contributed by atoms with Crippen LogP contribution >= 0.6 is 11.3 Å². The van der Waals surface area contributed by atoms with Gasteiger partial charge in [-0.3, -0.25) is 10.9 Å². The lowest BCUT2D eigenvalue weighted by molar-refractivity contribution is 0.0545. The van der Waals surface area contributed by atoms with Crippen LogP contribution in [0.4, 0.5) is 0 Å². The molecule has 5 heterocycles. The fourth-order valence-electron chi connectivity index (χ4n) is 6.83. The van der Waals surface area contributed by atoms with Gasteiger partial charge in [-0.1, -0.05) is 6.92 Å². The van der Waals surface area contributed by atoms with Crippen molar-refractivity contribution in [3.63, 3.8) is 0 Å². The van der Waals surface area contributed by atoms with E-state index in [-0.39, 0.29) is 2.85 Å². The monoisotopic (exact) mass is 461 g/mol. The number of nitrogens with one attached hydrogen (secondary N) is 3. The van der Waals surface area contributed by atoms with Crippen LogP contribution in [0.25, 0.3) is 11.6 Å². The summed E-state index contributed by atoms with van der Waals surface area (Å²) in [5.74, 6) is 5.81. The quantitative estimate of drug-likeness (QED) is 0.623. The average Bonchev–Trinajstić information content (AvgIpc) is 3.50. The number of rotatable bonds is 5. The SMILES string of the molecule is C[C@H]1CCCN(C2=c3sccc3=C(NC3CC4CN(CC5CCOCC5)C[C@H]4C3)NN2)C1.[HH].[HH]. The number of hydrazine groups is 1. The third kappa shape index (κ3) is 4.24. The largest absolute Gasteiger partial charge is 0.381 e. The van der Waals surface area contributed by atoms with Crippen molar-refractivity contribution in [3.8, 4) is 0 Å². The predicted octanol–water partition coefficient (Wildman–Crippen LogP) is 1.94. The van der Waals surface area contributed by atoms with Crippen LogP contribution in [-0.2, 0) is 4.74 Å². The molecular formula is C25H43N5OS. The normalized spacial score (nSPS) is 33.6. The Morgan fingerprint density at radius 3 is 2.72 bits per heavy atom. The topological polar surface area (TPSA) is 51.8 Å². The first-order valence-corrected chi connectivity index (χ1v) is 13.8. The lowest BCUT2D eigenvalue weighted by atomic mass is 10.00. The molecule has 0 spiro atoms. The second kappa shape index (κ2) is 9.07. The molecule has 0 aromatic carbocycles. The van der Waals surface area contributed by atoms with E-state index >= 15 is 0 Å². The summed E-state index contributed by atoms with van der Waals surface area (Å²) in [4.78, 5) is 5.30. The Kier molecular flexibility index (Phi) is 5.99. The molecule has 7 heteroatoms. The maximum Gasteiger partial charge on any atom is 0.139 e. The second-order valence-corrected chi connectivity index (χ2v) is 11.9. The maximum atomic E-state index is 5.55. The van der Waals surface area contributed by atoms with Crippen LogP contribution in [0.3, 0.4) is 0 Å². The van der Waals surface area contributed by atoms with Gasteiger partial charge < -0.3 is 19.9 Å². The molecule has 2 unspecified atom stereocenters. The smallest absolute Gasteiger partial charge is 0.139 e. The molecule has 4 atom stereocenters. The van der Waals surface area contributed by atoms with E-state index in [9.17, 15) is 0 Å². The standard InChI is InChI=1S/C25H39N5OS.2H2/c1-17-3-2-7-30(13-17)25-23-22(6-10-32-23)24(27-28-25)26-21-11-19-15-29(16-20(19)12-21)14-18-4-8-31-9-5-18;;/h6,10,17-21,26-28H,2-5,7-9,11-16H2,1H3;2*1H/t17-,19+,20?,21?;;/m0../s1. The highest BCUT2D eigenvalue weighted by Gasteiger charge is 2.41. The van der Waals surface area contributed by atoms with Crippen molar-refractivity contribution in [1.82, 2.24) is 26.0 Å². The van der Waals surface area contributed by atoms with Gasteiger partial charge in [-0.15, -0.1) is 11.3 Å². The summed E-state index contributed by atoms with van der Waals surface area (Å²) >= 11 is 1.87. The molecule has 6 nitrogen and oxygen atoms in total. The number of hydrogen-bond acceptors (Lipinski definition) is 7. The van der Waals surface area contributed by atoms with E-state index < -0.39 is 0 Å². The first-order chi connectivity index (χ1) is 15.7. The molecule has 32 heavy (non-hydrogen) atoms. The highest BCUT2D eigenvalue weighted by molar-refractivity contribution is 7.07. The van der Waals surface area contributed by atoms with Gasteiger partial charge in [-0.2, -0.15) is 0 Å². The van der Waals surface area contributed by atoms with Crippen molar-refractivity contribution in [1.29, 1.82) is 0 Å². The van der Waals surface area contributed by atoms with Crippen LogP contribution in [0, 0.1) is 23.7 Å². The van der Waals surface area contributed by atoms with E-state index in [1.807, 2.05) is 11.3 Å². The van der Waals surface area contributed by atoms with Gasteiger partial charge >= 0.3 is 0 Å². The Balaban J connectivity index is 0.00000137. The van der Waals surface area contributed by atoms with Gasteiger partial charge in [0.15, 0.2) is 0 Å². The van der Waals surface area contributed by atoms with Crippen LogP contribution in [0.5, 0.6) is 0 Å². The van der Waals surface area contributed by atoms with E-state index in [0.29, 0.717) is 6.04 Å². The van der Waals surface area contributed by atoms with Crippen molar-refractivity contribution in [2.45, 2.75) is 51.5 Å². The van der Waals surface area contributed by atoms with Gasteiger partial charge in [-0.05, 0) is 73.6 Å². The molecule has 3 N–H and O–H groups in total. The molecule has 180 valence electrons. The number of hydrogen-bond donors (Lipinski definition) is 3. The van der Waals surface area contributed by atoms with Gasteiger partial charge in [0.1, 0.15) is 11.6 Å². The number of thiophene rings is 1. The van der Waals surface area contributed by atoms with Gasteiger partial charge in [0.05, 0.1) is 4.53 Å². The van der Waals surface area contributed by atoms with Crippen LogP contribution in [0.15, 0.2) is 11.4 Å². The van der Waals surface area contributed by atoms with E-state index in [1.54, 1.807) is 0 Å². The van der Waals surface area contributed by atoms with Crippen molar-refractivity contribution < 1.29 is 7.59 Å². The van der Waals surface area contributed by atoms with Crippen LogP contribution in [0.1, 0.15) is 48.3 Å². The minimum Gasteiger partial charge on any atom is -0.381 e. The summed E-state index contributed by atoms with van der Waals surface area (Å²) < 4.78 is 6.94. The first-order valence-electron chi connectivity index (χ1n) is 12.9. The number of nitrogens with zero attached hydrogens (tertiary/aromatic N) is 2. The van der Waals surface area contributed by atoms with Crippen molar-refractivity contribution in [2.24, 2.45) is 23.7 Å². The molecule has 3 saturated heterocycles. The van der Waals surface area contributed by atoms with E-state index in [0.717, 1.165) is 50.0 Å².